The fraction of sp³-hybridized carbons (Fsp3) is 0.500. The van der Waals surface area contributed by atoms with E-state index in [-0.39, 0.29) is 23.1 Å². The van der Waals surface area contributed by atoms with Crippen molar-refractivity contribution in [3.63, 3.8) is 0 Å². The fourth-order valence-electron chi connectivity index (χ4n) is 2.00. The van der Waals surface area contributed by atoms with Crippen LogP contribution in [0.3, 0.4) is 0 Å². The molecule has 0 saturated carbocycles. The average molecular weight is 294 g/mol. The number of carbonyl (C=O) groups is 1. The molecule has 0 atom stereocenters. The van der Waals surface area contributed by atoms with E-state index in [0.29, 0.717) is 18.8 Å². The number of anilines is 1. The van der Waals surface area contributed by atoms with Gasteiger partial charge in [-0.3, -0.25) is 19.8 Å². The number of carbonyl (C=O) groups excluding carboxylic acids is 1. The Morgan fingerprint density at radius 3 is 2.71 bits per heavy atom. The molecule has 0 unspecified atom stereocenters. The lowest BCUT2D eigenvalue weighted by atomic mass is 10.1. The van der Waals surface area contributed by atoms with Gasteiger partial charge in [0.1, 0.15) is 5.69 Å². The monoisotopic (exact) mass is 294 g/mol. The number of nitrogens with zero attached hydrogens (tertiary/aromatic N) is 2. The van der Waals surface area contributed by atoms with Crippen molar-refractivity contribution in [2.45, 2.75) is 19.9 Å². The summed E-state index contributed by atoms with van der Waals surface area (Å²) in [5.41, 5.74) is 1.41. The van der Waals surface area contributed by atoms with Crippen molar-refractivity contribution >= 4 is 17.3 Å². The van der Waals surface area contributed by atoms with E-state index in [1.165, 1.54) is 6.07 Å². The Kier molecular flexibility index (Phi) is 6.61. The number of nitro groups is 1. The fourth-order valence-corrected chi connectivity index (χ4v) is 2.00. The topological polar surface area (TPSA) is 87.5 Å². The van der Waals surface area contributed by atoms with Crippen molar-refractivity contribution < 1.29 is 9.72 Å². The number of nitro benzene ring substituents is 1. The Labute approximate surface area is 124 Å². The number of nitrogens with one attached hydrogen (secondary N) is 2. The minimum atomic E-state index is -0.389. The predicted octanol–water partition coefficient (Wildman–Crippen LogP) is 1.59. The second kappa shape index (κ2) is 8.21. The van der Waals surface area contributed by atoms with Gasteiger partial charge in [0.2, 0.25) is 5.91 Å². The lowest BCUT2D eigenvalue weighted by molar-refractivity contribution is -0.384. The summed E-state index contributed by atoms with van der Waals surface area (Å²) in [5.74, 6) is -0.0917. The SMILES string of the molecule is CCCNc1c(CN(C)CC(=O)NC)cccc1[N+](=O)[O-]. The molecule has 2 N–H and O–H groups in total. The molecule has 7 nitrogen and oxygen atoms in total. The Balaban J connectivity index is 2.96. The molecular weight excluding hydrogens is 272 g/mol. The van der Waals surface area contributed by atoms with Crippen molar-refractivity contribution in [3.05, 3.63) is 33.9 Å². The summed E-state index contributed by atoms with van der Waals surface area (Å²) >= 11 is 0. The first-order valence-corrected chi connectivity index (χ1v) is 6.88. The molecule has 0 aliphatic rings. The lowest BCUT2D eigenvalue weighted by Gasteiger charge is -2.18. The summed E-state index contributed by atoms with van der Waals surface area (Å²) in [6.07, 6.45) is 0.875. The molecule has 0 aliphatic carbocycles. The van der Waals surface area contributed by atoms with Crippen molar-refractivity contribution in [2.75, 3.05) is 32.5 Å². The molecule has 7 heteroatoms. The zero-order valence-electron chi connectivity index (χ0n) is 12.7. The zero-order chi connectivity index (χ0) is 15.8. The van der Waals surface area contributed by atoms with E-state index < -0.39 is 0 Å². The highest BCUT2D eigenvalue weighted by Crippen LogP contribution is 2.29. The van der Waals surface area contributed by atoms with Crippen LogP contribution in [0.5, 0.6) is 0 Å². The quantitative estimate of drug-likeness (QED) is 0.561. The lowest BCUT2D eigenvalue weighted by Crippen LogP contribution is -2.32. The van der Waals surface area contributed by atoms with Gasteiger partial charge in [-0.15, -0.1) is 0 Å². The Bertz CT molecular complexity index is 505. The molecule has 0 spiro atoms. The van der Waals surface area contributed by atoms with Crippen LogP contribution in [0.15, 0.2) is 18.2 Å². The molecule has 1 aromatic carbocycles. The summed E-state index contributed by atoms with van der Waals surface area (Å²) in [4.78, 5) is 23.9. The van der Waals surface area contributed by atoms with Crippen LogP contribution in [0, 0.1) is 10.1 Å². The molecule has 1 aromatic rings. The molecule has 116 valence electrons. The molecule has 0 heterocycles. The number of benzene rings is 1. The molecule has 0 aliphatic heterocycles. The van der Waals surface area contributed by atoms with Gasteiger partial charge in [0.15, 0.2) is 0 Å². The molecule has 0 aromatic heterocycles. The van der Waals surface area contributed by atoms with E-state index in [1.807, 2.05) is 17.9 Å². The van der Waals surface area contributed by atoms with Crippen molar-refractivity contribution in [3.8, 4) is 0 Å². The first-order valence-electron chi connectivity index (χ1n) is 6.88. The van der Waals surface area contributed by atoms with Crippen LogP contribution in [-0.4, -0.2) is 42.9 Å². The third-order valence-electron chi connectivity index (χ3n) is 3.01. The van der Waals surface area contributed by atoms with Crippen LogP contribution in [-0.2, 0) is 11.3 Å². The van der Waals surface area contributed by atoms with Crippen molar-refractivity contribution in [1.82, 2.24) is 10.2 Å². The summed E-state index contributed by atoms with van der Waals surface area (Å²) < 4.78 is 0. The van der Waals surface area contributed by atoms with Crippen LogP contribution in [0.25, 0.3) is 0 Å². The highest BCUT2D eigenvalue weighted by atomic mass is 16.6. The molecule has 0 radical (unpaired) electrons. The highest BCUT2D eigenvalue weighted by Gasteiger charge is 2.18. The van der Waals surface area contributed by atoms with E-state index in [9.17, 15) is 14.9 Å². The number of para-hydroxylation sites is 1. The smallest absolute Gasteiger partial charge is 0.292 e. The number of likely N-dealkylation sites (N-methyl/N-ethyl adjacent to an activating group) is 2. The van der Waals surface area contributed by atoms with Gasteiger partial charge in [-0.25, -0.2) is 0 Å². The maximum absolute atomic E-state index is 11.4. The molecule has 0 fully saturated rings. The van der Waals surface area contributed by atoms with Gasteiger partial charge in [0.25, 0.3) is 5.69 Å². The van der Waals surface area contributed by atoms with Gasteiger partial charge < -0.3 is 10.6 Å². The molecule has 1 amide bonds. The first-order chi connectivity index (χ1) is 9.99. The van der Waals surface area contributed by atoms with Crippen LogP contribution < -0.4 is 10.6 Å². The Morgan fingerprint density at radius 1 is 1.43 bits per heavy atom. The Hall–Kier alpha value is -2.15. The Morgan fingerprint density at radius 2 is 2.14 bits per heavy atom. The van der Waals surface area contributed by atoms with Gasteiger partial charge in [-0.2, -0.15) is 0 Å². The van der Waals surface area contributed by atoms with E-state index in [1.54, 1.807) is 20.2 Å². The minimum Gasteiger partial charge on any atom is -0.379 e. The van der Waals surface area contributed by atoms with Gasteiger partial charge in [-0.1, -0.05) is 19.1 Å². The third kappa shape index (κ3) is 5.03. The van der Waals surface area contributed by atoms with E-state index >= 15 is 0 Å². The van der Waals surface area contributed by atoms with Gasteiger partial charge in [-0.05, 0) is 19.0 Å². The van der Waals surface area contributed by atoms with Crippen molar-refractivity contribution in [1.29, 1.82) is 0 Å². The number of hydrogen-bond acceptors (Lipinski definition) is 5. The summed E-state index contributed by atoms with van der Waals surface area (Å²) in [5, 5.41) is 16.8. The molecular formula is C14H22N4O3. The number of rotatable bonds is 8. The van der Waals surface area contributed by atoms with Crippen LogP contribution in [0.4, 0.5) is 11.4 Å². The van der Waals surface area contributed by atoms with E-state index in [4.69, 9.17) is 0 Å². The molecule has 1 rings (SSSR count). The average Bonchev–Trinajstić information content (AvgIpc) is 2.45. The second-order valence-corrected chi connectivity index (χ2v) is 4.84. The highest BCUT2D eigenvalue weighted by molar-refractivity contribution is 5.77. The van der Waals surface area contributed by atoms with Gasteiger partial charge >= 0.3 is 0 Å². The molecule has 0 bridgehead atoms. The molecule has 0 saturated heterocycles. The van der Waals surface area contributed by atoms with Gasteiger partial charge in [0.05, 0.1) is 11.5 Å². The summed E-state index contributed by atoms with van der Waals surface area (Å²) in [6.45, 7) is 3.36. The minimum absolute atomic E-state index is 0.0642. The normalized spacial score (nSPS) is 10.5. The maximum Gasteiger partial charge on any atom is 0.292 e. The zero-order valence-corrected chi connectivity index (χ0v) is 12.7. The second-order valence-electron chi connectivity index (χ2n) is 4.84. The molecule has 21 heavy (non-hydrogen) atoms. The van der Waals surface area contributed by atoms with Crippen LogP contribution >= 0.6 is 0 Å². The number of hydrogen-bond donors (Lipinski definition) is 2. The summed E-state index contributed by atoms with van der Waals surface area (Å²) in [7, 11) is 3.38. The maximum atomic E-state index is 11.4. The van der Waals surface area contributed by atoms with Crippen molar-refractivity contribution in [2.24, 2.45) is 0 Å². The van der Waals surface area contributed by atoms with E-state index in [2.05, 4.69) is 10.6 Å². The largest absolute Gasteiger partial charge is 0.379 e. The third-order valence-corrected chi connectivity index (χ3v) is 3.01. The first kappa shape index (κ1) is 16.9. The van der Waals surface area contributed by atoms with Crippen LogP contribution in [0.2, 0.25) is 0 Å². The predicted molar refractivity (Wildman–Crippen MR) is 82.3 cm³/mol. The van der Waals surface area contributed by atoms with E-state index in [0.717, 1.165) is 12.0 Å². The summed E-state index contributed by atoms with van der Waals surface area (Å²) in [6, 6.07) is 4.99. The van der Waals surface area contributed by atoms with Gasteiger partial charge in [0, 0.05) is 26.2 Å². The standard InChI is InChI=1S/C14H22N4O3/c1-4-8-16-14-11(6-5-7-12(14)18(20)21)9-17(3)10-13(19)15-2/h5-7,16H,4,8-10H2,1-3H3,(H,15,19). The number of amides is 1. The van der Waals surface area contributed by atoms with Crippen LogP contribution in [0.1, 0.15) is 18.9 Å².